The first-order valence-electron chi connectivity index (χ1n) is 12.2. The first-order chi connectivity index (χ1) is 18.1. The Balaban J connectivity index is 1.35. The Labute approximate surface area is 221 Å². The van der Waals surface area contributed by atoms with E-state index in [1.165, 1.54) is 4.91 Å². The van der Waals surface area contributed by atoms with Crippen molar-refractivity contribution in [3.63, 3.8) is 0 Å². The highest BCUT2D eigenvalue weighted by molar-refractivity contribution is 8.03. The minimum Gasteiger partial charge on any atom is -0.330 e. The molecule has 2 amide bonds. The first kappa shape index (κ1) is 24.6. The smallest absolute Gasteiger partial charge is 0.258 e. The van der Waals surface area contributed by atoms with Gasteiger partial charge in [-0.05, 0) is 71.5 Å². The Morgan fingerprint density at radius 1 is 0.838 bits per heavy atom. The topological polar surface area (TPSA) is 75.4 Å². The summed E-state index contributed by atoms with van der Waals surface area (Å²) in [5.41, 5.74) is 10.3. The number of amides is 2. The third-order valence-corrected chi connectivity index (χ3v) is 7.38. The highest BCUT2D eigenvalue weighted by Crippen LogP contribution is 2.39. The molecule has 1 aliphatic rings. The number of thioether (sulfide) groups is 1. The third kappa shape index (κ3) is 5.50. The number of nitrogens with one attached hydrogen (secondary N) is 1. The summed E-state index contributed by atoms with van der Waals surface area (Å²) in [6, 6.07) is 32.3. The van der Waals surface area contributed by atoms with Crippen LogP contribution in [0.4, 0.5) is 11.4 Å². The van der Waals surface area contributed by atoms with Crippen LogP contribution >= 0.6 is 11.8 Å². The molecule has 0 spiro atoms. The number of nitrogens with two attached hydrogens (primary N) is 1. The van der Waals surface area contributed by atoms with Crippen molar-refractivity contribution in [2.45, 2.75) is 11.3 Å². The molecular weight excluding hydrogens is 478 g/mol. The average Bonchev–Trinajstić information content (AvgIpc) is 3.13. The monoisotopic (exact) mass is 505 g/mol. The predicted molar refractivity (Wildman–Crippen MR) is 152 cm³/mol. The van der Waals surface area contributed by atoms with Crippen molar-refractivity contribution < 1.29 is 9.59 Å². The molecule has 5 rings (SSSR count). The van der Waals surface area contributed by atoms with Gasteiger partial charge in [0.2, 0.25) is 0 Å². The summed E-state index contributed by atoms with van der Waals surface area (Å²) in [5.74, 6) is -0.292. The summed E-state index contributed by atoms with van der Waals surface area (Å²) >= 11 is 1.67. The summed E-state index contributed by atoms with van der Waals surface area (Å²) < 4.78 is 0. The van der Waals surface area contributed by atoms with Gasteiger partial charge in [-0.3, -0.25) is 9.59 Å². The summed E-state index contributed by atoms with van der Waals surface area (Å²) in [7, 11) is 0. The van der Waals surface area contributed by atoms with E-state index in [4.69, 9.17) is 5.73 Å². The average molecular weight is 506 g/mol. The van der Waals surface area contributed by atoms with Crippen molar-refractivity contribution in [2.75, 3.05) is 23.3 Å². The lowest BCUT2D eigenvalue weighted by molar-refractivity contribution is 0.0988. The molecule has 1 aliphatic heterocycles. The van der Waals surface area contributed by atoms with E-state index in [1.54, 1.807) is 40.9 Å². The van der Waals surface area contributed by atoms with Crippen LogP contribution in [0.2, 0.25) is 0 Å². The Bertz CT molecular complexity index is 1450. The molecule has 1 heterocycles. The molecular formula is C31H27N3O2S. The number of hydrogen-bond acceptors (Lipinski definition) is 4. The van der Waals surface area contributed by atoms with Gasteiger partial charge in [0.25, 0.3) is 11.8 Å². The highest BCUT2D eigenvalue weighted by atomic mass is 32.2. The van der Waals surface area contributed by atoms with E-state index in [-0.39, 0.29) is 11.8 Å². The van der Waals surface area contributed by atoms with E-state index in [2.05, 4.69) is 11.4 Å². The summed E-state index contributed by atoms with van der Waals surface area (Å²) in [5, 5.41) is 2.97. The molecule has 37 heavy (non-hydrogen) atoms. The lowest BCUT2D eigenvalue weighted by Crippen LogP contribution is -2.31. The van der Waals surface area contributed by atoms with Gasteiger partial charge >= 0.3 is 0 Å². The SMILES string of the molecule is NCCC1=CCN(C(=O)c2ccc(NC(=O)c3ccccc3-c3ccccc3)cc2)c2ccccc2S1. The largest absolute Gasteiger partial charge is 0.330 e. The van der Waals surface area contributed by atoms with Crippen LogP contribution in [0.1, 0.15) is 27.1 Å². The third-order valence-electron chi connectivity index (χ3n) is 6.18. The van der Waals surface area contributed by atoms with Crippen molar-refractivity contribution in [3.05, 3.63) is 125 Å². The second-order valence-electron chi connectivity index (χ2n) is 8.64. The minimum absolute atomic E-state index is 0.0920. The molecule has 0 bridgehead atoms. The zero-order valence-electron chi connectivity index (χ0n) is 20.3. The van der Waals surface area contributed by atoms with E-state index >= 15 is 0 Å². The second-order valence-corrected chi connectivity index (χ2v) is 9.81. The molecule has 0 saturated heterocycles. The molecule has 4 aromatic carbocycles. The minimum atomic E-state index is -0.199. The number of carbonyl (C=O) groups excluding carboxylic acids is 2. The van der Waals surface area contributed by atoms with E-state index in [0.717, 1.165) is 28.1 Å². The van der Waals surface area contributed by atoms with E-state index in [9.17, 15) is 9.59 Å². The molecule has 6 heteroatoms. The Morgan fingerprint density at radius 2 is 1.54 bits per heavy atom. The van der Waals surface area contributed by atoms with Gasteiger partial charge in [-0.25, -0.2) is 0 Å². The number of nitrogens with zero attached hydrogens (tertiary/aromatic N) is 1. The van der Waals surface area contributed by atoms with Crippen molar-refractivity contribution in [3.8, 4) is 11.1 Å². The molecule has 0 aliphatic carbocycles. The normalized spacial score (nSPS) is 12.8. The van der Waals surface area contributed by atoms with Crippen LogP contribution in [0.3, 0.4) is 0 Å². The van der Waals surface area contributed by atoms with Crippen molar-refractivity contribution in [2.24, 2.45) is 5.73 Å². The predicted octanol–water partition coefficient (Wildman–Crippen LogP) is 6.59. The zero-order chi connectivity index (χ0) is 25.6. The quantitative estimate of drug-likeness (QED) is 0.310. The van der Waals surface area contributed by atoms with Crippen molar-refractivity contribution in [1.29, 1.82) is 0 Å². The maximum absolute atomic E-state index is 13.5. The number of fused-ring (bicyclic) bond motifs is 1. The molecule has 0 atom stereocenters. The van der Waals surface area contributed by atoms with Crippen molar-refractivity contribution >= 4 is 35.0 Å². The molecule has 0 radical (unpaired) electrons. The van der Waals surface area contributed by atoms with Crippen LogP contribution in [-0.2, 0) is 0 Å². The first-order valence-corrected chi connectivity index (χ1v) is 13.0. The van der Waals surface area contributed by atoms with E-state index < -0.39 is 0 Å². The maximum Gasteiger partial charge on any atom is 0.258 e. The van der Waals surface area contributed by atoms with Crippen LogP contribution in [0.5, 0.6) is 0 Å². The number of rotatable bonds is 6. The lowest BCUT2D eigenvalue weighted by Gasteiger charge is -2.22. The molecule has 0 saturated carbocycles. The van der Waals surface area contributed by atoms with Gasteiger partial charge in [0, 0.05) is 28.3 Å². The van der Waals surface area contributed by atoms with Crippen LogP contribution in [-0.4, -0.2) is 24.9 Å². The number of carbonyl (C=O) groups is 2. The van der Waals surface area contributed by atoms with Gasteiger partial charge in [0.05, 0.1) is 5.69 Å². The molecule has 5 nitrogen and oxygen atoms in total. The number of benzene rings is 4. The van der Waals surface area contributed by atoms with Crippen LogP contribution in [0.15, 0.2) is 119 Å². The van der Waals surface area contributed by atoms with Gasteiger partial charge < -0.3 is 16.0 Å². The molecule has 4 aromatic rings. The van der Waals surface area contributed by atoms with Gasteiger partial charge in [-0.2, -0.15) is 0 Å². The number of hydrogen-bond donors (Lipinski definition) is 2. The van der Waals surface area contributed by atoms with Crippen molar-refractivity contribution in [1.82, 2.24) is 0 Å². The number of para-hydroxylation sites is 1. The maximum atomic E-state index is 13.5. The fourth-order valence-corrected chi connectivity index (χ4v) is 5.42. The van der Waals surface area contributed by atoms with Gasteiger partial charge in [0.1, 0.15) is 0 Å². The summed E-state index contributed by atoms with van der Waals surface area (Å²) in [6.45, 7) is 1.05. The molecule has 3 N–H and O–H groups in total. The zero-order valence-corrected chi connectivity index (χ0v) is 21.1. The fourth-order valence-electron chi connectivity index (χ4n) is 4.33. The van der Waals surface area contributed by atoms with Crippen LogP contribution < -0.4 is 16.0 Å². The van der Waals surface area contributed by atoms with Gasteiger partial charge in [-0.1, -0.05) is 78.5 Å². The van der Waals surface area contributed by atoms with E-state index in [1.807, 2.05) is 78.9 Å². The summed E-state index contributed by atoms with van der Waals surface area (Å²) in [4.78, 5) is 30.6. The van der Waals surface area contributed by atoms with Gasteiger partial charge in [0.15, 0.2) is 0 Å². The standard InChI is InChI=1S/C31H27N3O2S/c32-20-18-25-19-21-34(28-12-6-7-13-29(28)37-25)31(36)23-14-16-24(17-15-23)33-30(35)27-11-5-4-10-26(27)22-8-2-1-3-9-22/h1-17,19H,18,20-21,32H2,(H,33,35). The van der Waals surface area contributed by atoms with Gasteiger partial charge in [-0.15, -0.1) is 0 Å². The molecule has 0 fully saturated rings. The Hall–Kier alpha value is -4.13. The highest BCUT2D eigenvalue weighted by Gasteiger charge is 2.23. The van der Waals surface area contributed by atoms with Crippen LogP contribution in [0, 0.1) is 0 Å². The Kier molecular flexibility index (Phi) is 7.49. The lowest BCUT2D eigenvalue weighted by atomic mass is 9.99. The molecule has 184 valence electrons. The Morgan fingerprint density at radius 3 is 2.32 bits per heavy atom. The number of anilines is 2. The summed E-state index contributed by atoms with van der Waals surface area (Å²) in [6.07, 6.45) is 2.86. The fraction of sp³-hybridized carbons (Fsp3) is 0.0968. The molecule has 0 aromatic heterocycles. The second kappa shape index (κ2) is 11.3. The van der Waals surface area contributed by atoms with E-state index in [0.29, 0.717) is 29.9 Å². The van der Waals surface area contributed by atoms with Crippen LogP contribution in [0.25, 0.3) is 11.1 Å². The molecule has 0 unspecified atom stereocenters.